The molecule has 1 aromatic heterocycles. The van der Waals surface area contributed by atoms with Crippen LogP contribution in [0.15, 0.2) is 90.0 Å². The van der Waals surface area contributed by atoms with Crippen LogP contribution in [-0.4, -0.2) is 49.1 Å². The summed E-state index contributed by atoms with van der Waals surface area (Å²) in [4.78, 5) is 22.5. The largest absolute Gasteiger partial charge is 0.495 e. The summed E-state index contributed by atoms with van der Waals surface area (Å²) < 4.78 is 8.86. The lowest BCUT2D eigenvalue weighted by molar-refractivity contribution is 0.0603. The third kappa shape index (κ3) is 4.39. The molecule has 0 radical (unpaired) electrons. The van der Waals surface area contributed by atoms with E-state index in [0.29, 0.717) is 18.7 Å². The van der Waals surface area contributed by atoms with E-state index >= 15 is 0 Å². The molecule has 1 N–H and O–H groups in total. The second-order valence-electron chi connectivity index (χ2n) is 8.26. The van der Waals surface area contributed by atoms with Gasteiger partial charge in [-0.15, -0.1) is 0 Å². The molecule has 1 fully saturated rings. The van der Waals surface area contributed by atoms with Gasteiger partial charge in [-0.2, -0.15) is 0 Å². The number of para-hydroxylation sites is 3. The van der Waals surface area contributed by atoms with Crippen molar-refractivity contribution in [3.05, 3.63) is 90.6 Å². The molecule has 1 amide bonds. The zero-order valence-electron chi connectivity index (χ0n) is 19.1. The van der Waals surface area contributed by atoms with Gasteiger partial charge in [0.2, 0.25) is 0 Å². The summed E-state index contributed by atoms with van der Waals surface area (Å²) in [7, 11) is 3.73. The minimum atomic E-state index is 0.0624. The minimum Gasteiger partial charge on any atom is -0.495 e. The summed E-state index contributed by atoms with van der Waals surface area (Å²) in [6.45, 7) is 1.39. The van der Waals surface area contributed by atoms with Gasteiger partial charge < -0.3 is 19.3 Å². The summed E-state index contributed by atoms with van der Waals surface area (Å²) in [5.74, 6) is 0.906. The SMILES string of the molecule is COc1ccccc1N(C)C1CN(C(=O)c2ccc(SNc3cccc4cccnc34)cc2)C1. The molecule has 0 saturated carbocycles. The Hall–Kier alpha value is -3.71. The van der Waals surface area contributed by atoms with E-state index in [1.807, 2.05) is 83.8 Å². The number of likely N-dealkylation sites (tertiary alicyclic amines) is 1. The summed E-state index contributed by atoms with van der Waals surface area (Å²) in [6.07, 6.45) is 1.80. The second kappa shape index (κ2) is 9.65. The van der Waals surface area contributed by atoms with E-state index in [0.717, 1.165) is 32.9 Å². The van der Waals surface area contributed by atoms with Crippen LogP contribution in [0.1, 0.15) is 10.4 Å². The van der Waals surface area contributed by atoms with Crippen LogP contribution in [0.4, 0.5) is 11.4 Å². The number of ether oxygens (including phenoxy) is 1. The maximum absolute atomic E-state index is 12.9. The second-order valence-corrected chi connectivity index (χ2v) is 9.14. The predicted octanol–water partition coefficient (Wildman–Crippen LogP) is 5.32. The molecule has 0 bridgehead atoms. The molecule has 172 valence electrons. The van der Waals surface area contributed by atoms with Gasteiger partial charge in [-0.25, -0.2) is 0 Å². The number of carbonyl (C=O) groups is 1. The van der Waals surface area contributed by atoms with E-state index in [9.17, 15) is 4.79 Å². The fraction of sp³-hybridized carbons (Fsp3) is 0.185. The van der Waals surface area contributed by atoms with Crippen LogP contribution in [0.2, 0.25) is 0 Å². The highest BCUT2D eigenvalue weighted by atomic mass is 32.2. The van der Waals surface area contributed by atoms with Crippen LogP contribution in [0.3, 0.4) is 0 Å². The summed E-state index contributed by atoms with van der Waals surface area (Å²) in [5.41, 5.74) is 3.65. The van der Waals surface area contributed by atoms with E-state index in [4.69, 9.17) is 4.74 Å². The highest BCUT2D eigenvalue weighted by Crippen LogP contribution is 2.31. The standard InChI is InChI=1S/C27H26N4O2S/c1-30(24-10-3-4-11-25(24)33-2)21-17-31(18-21)27(32)20-12-14-22(15-13-20)34-29-23-9-5-7-19-8-6-16-28-26(19)23/h3-16,21,29H,17-18H2,1-2H3. The summed E-state index contributed by atoms with van der Waals surface area (Å²) in [6, 6.07) is 26.0. The van der Waals surface area contributed by atoms with Gasteiger partial charge in [-0.1, -0.05) is 30.3 Å². The maximum Gasteiger partial charge on any atom is 0.253 e. The first-order valence-corrected chi connectivity index (χ1v) is 12.0. The van der Waals surface area contributed by atoms with Crippen molar-refractivity contribution in [2.45, 2.75) is 10.9 Å². The average molecular weight is 471 g/mol. The van der Waals surface area contributed by atoms with Crippen molar-refractivity contribution in [2.24, 2.45) is 0 Å². The molecule has 34 heavy (non-hydrogen) atoms. The zero-order chi connectivity index (χ0) is 23.5. The predicted molar refractivity (Wildman–Crippen MR) is 139 cm³/mol. The van der Waals surface area contributed by atoms with E-state index in [1.165, 1.54) is 11.9 Å². The Balaban J connectivity index is 1.18. The molecule has 6 nitrogen and oxygen atoms in total. The number of aromatic nitrogens is 1. The lowest BCUT2D eigenvalue weighted by Gasteiger charge is -2.45. The number of hydrogen-bond acceptors (Lipinski definition) is 6. The molecule has 7 heteroatoms. The number of hydrogen-bond donors (Lipinski definition) is 1. The van der Waals surface area contributed by atoms with Gasteiger partial charge in [-0.05, 0) is 60.5 Å². The van der Waals surface area contributed by atoms with E-state index in [2.05, 4.69) is 21.7 Å². The molecule has 3 aromatic carbocycles. The van der Waals surface area contributed by atoms with Crippen LogP contribution >= 0.6 is 11.9 Å². The van der Waals surface area contributed by atoms with Gasteiger partial charge in [0.05, 0.1) is 30.0 Å². The molecular weight excluding hydrogens is 444 g/mol. The number of pyridine rings is 1. The Morgan fingerprint density at radius 3 is 2.59 bits per heavy atom. The lowest BCUT2D eigenvalue weighted by Crippen LogP contribution is -2.60. The van der Waals surface area contributed by atoms with Gasteiger partial charge in [0.15, 0.2) is 0 Å². The minimum absolute atomic E-state index is 0.0624. The first kappa shape index (κ1) is 22.1. The molecule has 0 aliphatic carbocycles. The normalized spacial score (nSPS) is 13.4. The number of likely N-dealkylation sites (N-methyl/N-ethyl adjacent to an activating group) is 1. The molecule has 0 spiro atoms. The Kier molecular flexibility index (Phi) is 6.27. The molecule has 4 aromatic rings. The van der Waals surface area contributed by atoms with Crippen LogP contribution < -0.4 is 14.4 Å². The van der Waals surface area contributed by atoms with Gasteiger partial charge in [-0.3, -0.25) is 9.78 Å². The number of nitrogens with one attached hydrogen (secondary N) is 1. The van der Waals surface area contributed by atoms with E-state index < -0.39 is 0 Å². The van der Waals surface area contributed by atoms with Crippen LogP contribution in [0, 0.1) is 0 Å². The molecule has 1 saturated heterocycles. The van der Waals surface area contributed by atoms with Gasteiger partial charge in [0.1, 0.15) is 5.75 Å². The highest BCUT2D eigenvalue weighted by Gasteiger charge is 2.34. The fourth-order valence-corrected chi connectivity index (χ4v) is 4.80. The van der Waals surface area contributed by atoms with Crippen molar-refractivity contribution in [2.75, 3.05) is 36.9 Å². The summed E-state index contributed by atoms with van der Waals surface area (Å²) in [5, 5.41) is 1.10. The van der Waals surface area contributed by atoms with Crippen molar-refractivity contribution in [3.63, 3.8) is 0 Å². The first-order chi connectivity index (χ1) is 16.6. The monoisotopic (exact) mass is 470 g/mol. The molecule has 0 unspecified atom stereocenters. The van der Waals surface area contributed by atoms with Crippen molar-refractivity contribution in [1.29, 1.82) is 0 Å². The molecule has 0 atom stereocenters. The molecule has 5 rings (SSSR count). The number of benzene rings is 3. The topological polar surface area (TPSA) is 57.7 Å². The van der Waals surface area contributed by atoms with Gasteiger partial charge >= 0.3 is 0 Å². The number of fused-ring (bicyclic) bond motifs is 1. The lowest BCUT2D eigenvalue weighted by atomic mass is 10.0. The molecule has 1 aliphatic heterocycles. The van der Waals surface area contributed by atoms with Crippen molar-refractivity contribution >= 4 is 40.1 Å². The van der Waals surface area contributed by atoms with Crippen molar-refractivity contribution < 1.29 is 9.53 Å². The number of rotatable bonds is 7. The summed E-state index contributed by atoms with van der Waals surface area (Å²) >= 11 is 1.51. The van der Waals surface area contributed by atoms with E-state index in [1.54, 1.807) is 13.3 Å². The Labute approximate surface area is 203 Å². The quantitative estimate of drug-likeness (QED) is 0.369. The van der Waals surface area contributed by atoms with Crippen LogP contribution in [0.5, 0.6) is 5.75 Å². The third-order valence-electron chi connectivity index (χ3n) is 6.18. The fourth-order valence-electron chi connectivity index (χ4n) is 4.13. The average Bonchev–Trinajstić information content (AvgIpc) is 2.86. The number of nitrogens with zero attached hydrogens (tertiary/aromatic N) is 3. The zero-order valence-corrected chi connectivity index (χ0v) is 20.0. The van der Waals surface area contributed by atoms with Gasteiger partial charge in [0.25, 0.3) is 5.91 Å². The van der Waals surface area contributed by atoms with Crippen LogP contribution in [-0.2, 0) is 0 Å². The third-order valence-corrected chi connectivity index (χ3v) is 7.01. The van der Waals surface area contributed by atoms with Crippen molar-refractivity contribution in [3.8, 4) is 5.75 Å². The van der Waals surface area contributed by atoms with Crippen LogP contribution in [0.25, 0.3) is 10.9 Å². The first-order valence-electron chi connectivity index (χ1n) is 11.2. The van der Waals surface area contributed by atoms with Crippen molar-refractivity contribution in [1.82, 2.24) is 9.88 Å². The number of amides is 1. The number of anilines is 2. The molecular formula is C27H26N4O2S. The highest BCUT2D eigenvalue weighted by molar-refractivity contribution is 8.00. The number of methoxy groups -OCH3 is 1. The maximum atomic E-state index is 12.9. The van der Waals surface area contributed by atoms with E-state index in [-0.39, 0.29) is 11.9 Å². The van der Waals surface area contributed by atoms with Gasteiger partial charge in [0, 0.05) is 42.2 Å². The molecule has 2 heterocycles. The number of carbonyl (C=O) groups excluding carboxylic acids is 1. The molecule has 1 aliphatic rings. The Morgan fingerprint density at radius 2 is 1.79 bits per heavy atom. The smallest absolute Gasteiger partial charge is 0.253 e. The Morgan fingerprint density at radius 1 is 1.03 bits per heavy atom. The Bertz CT molecular complexity index is 1300.